The number of halogens is 1. The first kappa shape index (κ1) is 15.3. The number of benzene rings is 1. The lowest BCUT2D eigenvalue weighted by Crippen LogP contribution is -2.12. The number of carbonyl (C=O) groups excluding carboxylic acids is 1. The van der Waals surface area contributed by atoms with E-state index in [4.69, 9.17) is 21.4 Å². The summed E-state index contributed by atoms with van der Waals surface area (Å²) in [6.07, 6.45) is -1.17. The molecule has 2 N–H and O–H groups in total. The van der Waals surface area contributed by atoms with E-state index in [0.29, 0.717) is 16.9 Å². The van der Waals surface area contributed by atoms with Gasteiger partial charge in [-0.15, -0.1) is 0 Å². The van der Waals surface area contributed by atoms with Crippen LogP contribution in [0.4, 0.5) is 10.5 Å². The average Bonchev–Trinajstić information content (AvgIpc) is 2.95. The lowest BCUT2D eigenvalue weighted by Gasteiger charge is -2.12. The Balaban J connectivity index is 2.35. The molecule has 0 fully saturated rings. The van der Waals surface area contributed by atoms with Crippen molar-refractivity contribution in [2.75, 3.05) is 12.4 Å². The zero-order chi connectivity index (χ0) is 15.4. The van der Waals surface area contributed by atoms with Crippen molar-refractivity contribution in [2.24, 2.45) is 0 Å². The number of ether oxygens (including phenoxy) is 1. The highest BCUT2D eigenvalue weighted by Gasteiger charge is 2.15. The number of thiophene rings is 1. The van der Waals surface area contributed by atoms with Crippen LogP contribution in [0.5, 0.6) is 5.75 Å². The molecule has 0 unspecified atom stereocenters. The summed E-state index contributed by atoms with van der Waals surface area (Å²) in [5.41, 5.74) is 1.38. The molecule has 0 saturated carbocycles. The first-order chi connectivity index (χ1) is 10.0. The standard InChI is InChI=1S/C14H12ClNO4S/c1-20-13-5-9(4-12(17)8-2-3-21-7-8)11(6-10(13)15)16-14(18)19/h2-3,5-7,16H,4H2,1H3,(H,18,19). The SMILES string of the molecule is COc1cc(CC(=O)c2ccsc2)c(NC(=O)O)cc1Cl. The second-order valence-corrected chi connectivity index (χ2v) is 5.37. The highest BCUT2D eigenvalue weighted by molar-refractivity contribution is 7.08. The van der Waals surface area contributed by atoms with Crippen LogP contribution in [-0.4, -0.2) is 24.1 Å². The third-order valence-electron chi connectivity index (χ3n) is 2.81. The van der Waals surface area contributed by atoms with Crippen LogP contribution in [0.3, 0.4) is 0 Å². The molecular formula is C14H12ClNO4S. The van der Waals surface area contributed by atoms with Gasteiger partial charge in [-0.2, -0.15) is 11.3 Å². The Kier molecular flexibility index (Phi) is 4.82. The van der Waals surface area contributed by atoms with Gasteiger partial charge in [0.1, 0.15) is 5.75 Å². The molecule has 1 aromatic heterocycles. The summed E-state index contributed by atoms with van der Waals surface area (Å²) in [6.45, 7) is 0. The van der Waals surface area contributed by atoms with Crippen LogP contribution in [-0.2, 0) is 6.42 Å². The van der Waals surface area contributed by atoms with E-state index < -0.39 is 6.09 Å². The van der Waals surface area contributed by atoms with Crippen LogP contribution < -0.4 is 10.1 Å². The molecule has 2 aromatic rings. The summed E-state index contributed by atoms with van der Waals surface area (Å²) >= 11 is 7.41. The molecule has 2 rings (SSSR count). The molecule has 21 heavy (non-hydrogen) atoms. The maximum absolute atomic E-state index is 12.2. The second kappa shape index (κ2) is 6.60. The monoisotopic (exact) mass is 325 g/mol. The highest BCUT2D eigenvalue weighted by Crippen LogP contribution is 2.32. The van der Waals surface area contributed by atoms with Gasteiger partial charge in [-0.1, -0.05) is 11.6 Å². The summed E-state index contributed by atoms with van der Waals surface area (Å²) < 4.78 is 5.10. The summed E-state index contributed by atoms with van der Waals surface area (Å²) in [5.74, 6) is 0.287. The minimum Gasteiger partial charge on any atom is -0.495 e. The second-order valence-electron chi connectivity index (χ2n) is 4.19. The molecule has 5 nitrogen and oxygen atoms in total. The molecule has 7 heteroatoms. The van der Waals surface area contributed by atoms with Gasteiger partial charge in [0.05, 0.1) is 12.1 Å². The maximum atomic E-state index is 12.2. The molecule has 0 bridgehead atoms. The molecule has 0 spiro atoms. The van der Waals surface area contributed by atoms with Gasteiger partial charge in [-0.25, -0.2) is 4.79 Å². The Morgan fingerprint density at radius 2 is 2.19 bits per heavy atom. The van der Waals surface area contributed by atoms with E-state index in [1.54, 1.807) is 17.5 Å². The van der Waals surface area contributed by atoms with Gasteiger partial charge in [0.15, 0.2) is 5.78 Å². The van der Waals surface area contributed by atoms with Gasteiger partial charge < -0.3 is 9.84 Å². The van der Waals surface area contributed by atoms with E-state index in [0.717, 1.165) is 0 Å². The molecule has 0 atom stereocenters. The van der Waals surface area contributed by atoms with Crippen molar-refractivity contribution < 1.29 is 19.4 Å². The van der Waals surface area contributed by atoms with Crippen molar-refractivity contribution in [2.45, 2.75) is 6.42 Å². The predicted octanol–water partition coefficient (Wildman–Crippen LogP) is 3.93. The first-order valence-corrected chi connectivity index (χ1v) is 7.25. The van der Waals surface area contributed by atoms with Crippen LogP contribution in [0.1, 0.15) is 15.9 Å². The predicted molar refractivity (Wildman–Crippen MR) is 82.0 cm³/mol. The number of hydrogen-bond donors (Lipinski definition) is 2. The van der Waals surface area contributed by atoms with Crippen LogP contribution in [0, 0.1) is 0 Å². The first-order valence-electron chi connectivity index (χ1n) is 5.93. The number of nitrogens with one attached hydrogen (secondary N) is 1. The molecule has 0 aliphatic carbocycles. The number of ketones is 1. The van der Waals surface area contributed by atoms with Gasteiger partial charge in [0, 0.05) is 23.1 Å². The quantitative estimate of drug-likeness (QED) is 0.817. The molecule has 1 heterocycles. The molecule has 0 saturated heterocycles. The number of amides is 1. The van der Waals surface area contributed by atoms with Gasteiger partial charge >= 0.3 is 6.09 Å². The van der Waals surface area contributed by atoms with Gasteiger partial charge in [-0.3, -0.25) is 10.1 Å². The van der Waals surface area contributed by atoms with Crippen LogP contribution in [0.15, 0.2) is 29.0 Å². The molecule has 1 aromatic carbocycles. The molecule has 110 valence electrons. The van der Waals surface area contributed by atoms with Gasteiger partial charge in [0.25, 0.3) is 0 Å². The Labute approximate surface area is 130 Å². The van der Waals surface area contributed by atoms with Crippen LogP contribution in [0.2, 0.25) is 5.02 Å². The molecule has 0 aliphatic heterocycles. The van der Waals surface area contributed by atoms with Crippen molar-refractivity contribution >= 4 is 40.5 Å². The summed E-state index contributed by atoms with van der Waals surface area (Å²) in [4.78, 5) is 23.0. The third kappa shape index (κ3) is 3.74. The number of Topliss-reactive ketones (excluding diaryl/α,β-unsaturated/α-hetero) is 1. The fraction of sp³-hybridized carbons (Fsp3) is 0.143. The van der Waals surface area contributed by atoms with E-state index in [1.165, 1.54) is 24.5 Å². The van der Waals surface area contributed by atoms with Gasteiger partial charge in [-0.05, 0) is 29.1 Å². The van der Waals surface area contributed by atoms with E-state index in [1.807, 2.05) is 5.38 Å². The number of anilines is 1. The minimum absolute atomic E-state index is 0.0554. The molecule has 1 amide bonds. The normalized spacial score (nSPS) is 10.2. The largest absolute Gasteiger partial charge is 0.495 e. The fourth-order valence-electron chi connectivity index (χ4n) is 1.83. The maximum Gasteiger partial charge on any atom is 0.409 e. The molecule has 0 radical (unpaired) electrons. The minimum atomic E-state index is -1.22. The molecule has 0 aliphatic rings. The lowest BCUT2D eigenvalue weighted by atomic mass is 10.0. The van der Waals surface area contributed by atoms with Crippen LogP contribution >= 0.6 is 22.9 Å². The van der Waals surface area contributed by atoms with E-state index >= 15 is 0 Å². The summed E-state index contributed by atoms with van der Waals surface area (Å²) in [5, 5.41) is 14.9. The zero-order valence-corrected chi connectivity index (χ0v) is 12.6. The number of methoxy groups -OCH3 is 1. The van der Waals surface area contributed by atoms with Gasteiger partial charge in [0.2, 0.25) is 0 Å². The molecular weight excluding hydrogens is 314 g/mol. The van der Waals surface area contributed by atoms with Crippen LogP contribution in [0.25, 0.3) is 0 Å². The smallest absolute Gasteiger partial charge is 0.409 e. The Bertz CT molecular complexity index is 670. The van der Waals surface area contributed by atoms with Crippen molar-refractivity contribution in [3.8, 4) is 5.75 Å². The Morgan fingerprint density at radius 3 is 2.76 bits per heavy atom. The number of carboxylic acid groups (broad SMARTS) is 1. The van der Waals surface area contributed by atoms with E-state index in [2.05, 4.69) is 5.32 Å². The van der Waals surface area contributed by atoms with E-state index in [-0.39, 0.29) is 22.9 Å². The van der Waals surface area contributed by atoms with Crippen molar-refractivity contribution in [3.05, 3.63) is 45.1 Å². The number of carbonyl (C=O) groups is 2. The zero-order valence-electron chi connectivity index (χ0n) is 11.1. The number of rotatable bonds is 5. The van der Waals surface area contributed by atoms with Crippen molar-refractivity contribution in [1.29, 1.82) is 0 Å². The summed E-state index contributed by atoms with van der Waals surface area (Å²) in [7, 11) is 1.45. The summed E-state index contributed by atoms with van der Waals surface area (Å²) in [6, 6.07) is 4.73. The topological polar surface area (TPSA) is 75.6 Å². The highest BCUT2D eigenvalue weighted by atomic mass is 35.5. The Morgan fingerprint density at radius 1 is 1.43 bits per heavy atom. The average molecular weight is 326 g/mol. The fourth-order valence-corrected chi connectivity index (χ4v) is 2.73. The van der Waals surface area contributed by atoms with Crippen molar-refractivity contribution in [1.82, 2.24) is 0 Å². The third-order valence-corrected chi connectivity index (χ3v) is 3.79. The lowest BCUT2D eigenvalue weighted by molar-refractivity contribution is 0.0993. The van der Waals surface area contributed by atoms with E-state index in [9.17, 15) is 9.59 Å². The number of hydrogen-bond acceptors (Lipinski definition) is 4. The Hall–Kier alpha value is -2.05. The van der Waals surface area contributed by atoms with Crippen molar-refractivity contribution in [3.63, 3.8) is 0 Å².